The fourth-order valence-electron chi connectivity index (χ4n) is 9.58. The van der Waals surface area contributed by atoms with Crippen LogP contribution in [0.3, 0.4) is 0 Å². The number of rotatable bonds is 6. The first kappa shape index (κ1) is 44.0. The summed E-state index contributed by atoms with van der Waals surface area (Å²) in [5.41, 5.74) is 3.92. The van der Waals surface area contributed by atoms with E-state index in [0.717, 1.165) is 121 Å². The quantitative estimate of drug-likeness (QED) is 0.161. The molecule has 6 aromatic rings. The highest BCUT2D eigenvalue weighted by Crippen LogP contribution is 2.34. The predicted octanol–water partition coefficient (Wildman–Crippen LogP) is 9.13. The van der Waals surface area contributed by atoms with E-state index in [1.807, 2.05) is 73.3 Å². The van der Waals surface area contributed by atoms with Crippen LogP contribution in [0.1, 0.15) is 78.1 Å². The van der Waals surface area contributed by atoms with Gasteiger partial charge in [0.2, 0.25) is 11.1 Å². The molecule has 6 heterocycles. The van der Waals surface area contributed by atoms with Crippen LogP contribution in [0.4, 0.5) is 11.6 Å². The molecule has 0 radical (unpaired) electrons. The lowest BCUT2D eigenvalue weighted by molar-refractivity contribution is -0.137. The Labute approximate surface area is 375 Å². The van der Waals surface area contributed by atoms with E-state index >= 15 is 0 Å². The first-order valence-corrected chi connectivity index (χ1v) is 23.3. The van der Waals surface area contributed by atoms with Crippen molar-refractivity contribution in [3.8, 4) is 22.5 Å². The van der Waals surface area contributed by atoms with Crippen LogP contribution in [0, 0.1) is 11.8 Å². The summed E-state index contributed by atoms with van der Waals surface area (Å²) >= 11 is 5.32. The van der Waals surface area contributed by atoms with Crippen molar-refractivity contribution in [3.05, 3.63) is 97.6 Å². The van der Waals surface area contributed by atoms with Crippen LogP contribution in [0.2, 0.25) is 0 Å². The summed E-state index contributed by atoms with van der Waals surface area (Å²) in [7, 11) is 0. The van der Waals surface area contributed by atoms with Crippen molar-refractivity contribution in [2.24, 2.45) is 11.8 Å². The third-order valence-electron chi connectivity index (χ3n) is 13.1. The van der Waals surface area contributed by atoms with E-state index in [-0.39, 0.29) is 23.1 Å². The van der Waals surface area contributed by atoms with Gasteiger partial charge in [-0.2, -0.15) is 0 Å². The van der Waals surface area contributed by atoms with Crippen molar-refractivity contribution in [3.63, 3.8) is 0 Å². The summed E-state index contributed by atoms with van der Waals surface area (Å²) in [6.45, 7) is 9.49. The summed E-state index contributed by atoms with van der Waals surface area (Å²) in [5, 5.41) is 25.9. The number of fused-ring (bicyclic) bond motifs is 2. The number of halogens is 1. The summed E-state index contributed by atoms with van der Waals surface area (Å²) in [6, 6.07) is 25.0. The summed E-state index contributed by atoms with van der Waals surface area (Å²) in [4.78, 5) is 39.0. The number of anilines is 2. The molecule has 12 nitrogen and oxygen atoms in total. The van der Waals surface area contributed by atoms with Crippen LogP contribution in [0.5, 0.6) is 0 Å². The second-order valence-corrected chi connectivity index (χ2v) is 17.7. The molecule has 1 N–H and O–H groups in total. The zero-order chi connectivity index (χ0) is 43.5. The molecular weight excluding hydrogens is 808 g/mol. The highest BCUT2D eigenvalue weighted by atomic mass is 35.5. The Kier molecular flexibility index (Phi) is 14.8. The summed E-state index contributed by atoms with van der Waals surface area (Å²) < 4.78 is 0. The number of hydrogen-bond acceptors (Lipinski definition) is 11. The van der Waals surface area contributed by atoms with Gasteiger partial charge >= 0.3 is 0 Å². The maximum atomic E-state index is 13.0. The molecule has 4 fully saturated rings. The molecule has 2 saturated carbocycles. The third kappa shape index (κ3) is 10.5. The minimum Gasteiger partial charge on any atom is -0.349 e. The van der Waals surface area contributed by atoms with Crippen molar-refractivity contribution in [1.29, 1.82) is 0 Å². The standard InChI is InChI=1S/C25H29N5O.C18H19N5.C7H11ClO/c1-18-17-29(25(31)20-10-6-3-7-11-20)14-15-30(18)24-22-16-26-13-12-21(22)23(27-28-24)19-8-4-2-5-9-19;1-13-11-20-9-10-23(13)18-16-12-19-8-7-15(16)17(21-22-18)14-5-3-2-4-6-14;8-7(9)6-4-2-1-3-5-6/h2,4-5,8-9,12-13,16,18,20H,3,6-7,10-11,14-15,17H2,1H3;2-8,12-13,20H,9-11H2,1H3;6H,1-5H2/t18-;13-;/m11./s1. The Morgan fingerprint density at radius 3 is 1.57 bits per heavy atom. The predicted molar refractivity (Wildman–Crippen MR) is 253 cm³/mol. The molecule has 2 saturated heterocycles. The molecule has 4 aromatic heterocycles. The molecule has 10 rings (SSSR count). The SMILES string of the molecule is C[C@@H]1CN(C(=O)C2CCCCC2)CCN1c1nnc(-c2ccccc2)c2ccncc12.C[C@@H]1CNCCN1c1nnc(-c2ccccc2)c2ccncc12.O=C(Cl)C1CCCCC1. The van der Waals surface area contributed by atoms with E-state index < -0.39 is 0 Å². The summed E-state index contributed by atoms with van der Waals surface area (Å²) in [5.74, 6) is 2.55. The van der Waals surface area contributed by atoms with Gasteiger partial charge < -0.3 is 20.0 Å². The number of piperazine rings is 2. The number of hydrogen-bond donors (Lipinski definition) is 1. The van der Waals surface area contributed by atoms with Gasteiger partial charge in [0.15, 0.2) is 11.6 Å². The van der Waals surface area contributed by atoms with Gasteiger partial charge in [-0.05, 0) is 63.3 Å². The second-order valence-electron chi connectivity index (χ2n) is 17.4. The topological polar surface area (TPSA) is 133 Å². The normalized spacial score (nSPS) is 19.8. The molecule has 0 unspecified atom stereocenters. The van der Waals surface area contributed by atoms with Crippen LogP contribution < -0.4 is 15.1 Å². The number of carbonyl (C=O) groups is 2. The Morgan fingerprint density at radius 1 is 0.587 bits per heavy atom. The van der Waals surface area contributed by atoms with E-state index in [2.05, 4.69) is 88.5 Å². The van der Waals surface area contributed by atoms with Gasteiger partial charge in [0.05, 0.1) is 0 Å². The van der Waals surface area contributed by atoms with E-state index in [1.54, 1.807) is 0 Å². The van der Waals surface area contributed by atoms with Crippen LogP contribution in [-0.4, -0.2) is 97.8 Å². The molecule has 4 aliphatic rings. The summed E-state index contributed by atoms with van der Waals surface area (Å²) in [6.07, 6.45) is 18.9. The average molecular weight is 868 g/mol. The van der Waals surface area contributed by atoms with Crippen LogP contribution in [-0.2, 0) is 9.59 Å². The number of aromatic nitrogens is 6. The Bertz CT molecular complexity index is 2450. The smallest absolute Gasteiger partial charge is 0.225 e. The van der Waals surface area contributed by atoms with Crippen LogP contribution >= 0.6 is 11.6 Å². The van der Waals surface area contributed by atoms with Gasteiger partial charge in [-0.25, -0.2) is 0 Å². The zero-order valence-electron chi connectivity index (χ0n) is 36.6. The average Bonchev–Trinajstić information content (AvgIpc) is 3.35. The lowest BCUT2D eigenvalue weighted by atomic mass is 9.88. The second kappa shape index (κ2) is 21.2. The molecule has 2 aliphatic heterocycles. The fraction of sp³-hybridized carbons (Fsp3) is 0.440. The van der Waals surface area contributed by atoms with Crippen molar-refractivity contribution in [2.45, 2.75) is 90.1 Å². The first-order chi connectivity index (χ1) is 30.9. The van der Waals surface area contributed by atoms with Crippen molar-refractivity contribution < 1.29 is 9.59 Å². The molecular formula is C50H59ClN10O2. The third-order valence-corrected chi connectivity index (χ3v) is 13.4. The minimum absolute atomic E-state index is 0.130. The van der Waals surface area contributed by atoms with Gasteiger partial charge in [0.1, 0.15) is 11.4 Å². The van der Waals surface area contributed by atoms with Crippen LogP contribution in [0.25, 0.3) is 44.1 Å². The van der Waals surface area contributed by atoms with E-state index in [1.165, 1.54) is 38.5 Å². The van der Waals surface area contributed by atoms with E-state index in [9.17, 15) is 9.59 Å². The fourth-order valence-corrected chi connectivity index (χ4v) is 9.79. The largest absolute Gasteiger partial charge is 0.349 e. The molecule has 63 heavy (non-hydrogen) atoms. The number of pyridine rings is 2. The monoisotopic (exact) mass is 866 g/mol. The van der Waals surface area contributed by atoms with Gasteiger partial charge in [0, 0.05) is 121 Å². The number of nitrogens with zero attached hydrogens (tertiary/aromatic N) is 9. The van der Waals surface area contributed by atoms with Crippen molar-refractivity contribution in [1.82, 2.24) is 40.6 Å². The van der Waals surface area contributed by atoms with Gasteiger partial charge in [0.25, 0.3) is 0 Å². The lowest BCUT2D eigenvalue weighted by Crippen LogP contribution is -2.55. The Morgan fingerprint density at radius 2 is 1.10 bits per heavy atom. The van der Waals surface area contributed by atoms with Gasteiger partial charge in [-0.3, -0.25) is 19.6 Å². The highest BCUT2D eigenvalue weighted by molar-refractivity contribution is 6.64. The Hall–Kier alpha value is -5.59. The molecule has 13 heteroatoms. The maximum absolute atomic E-state index is 13.0. The highest BCUT2D eigenvalue weighted by Gasteiger charge is 2.33. The number of nitrogens with one attached hydrogen (secondary N) is 1. The first-order valence-electron chi connectivity index (χ1n) is 22.9. The zero-order valence-corrected chi connectivity index (χ0v) is 37.3. The van der Waals surface area contributed by atoms with Gasteiger partial charge in [-0.15, -0.1) is 20.4 Å². The number of benzene rings is 2. The lowest BCUT2D eigenvalue weighted by Gasteiger charge is -2.42. The molecule has 2 atom stereocenters. The number of carbonyl (C=O) groups excluding carboxylic acids is 2. The molecule has 0 bridgehead atoms. The van der Waals surface area contributed by atoms with E-state index in [0.29, 0.717) is 11.9 Å². The van der Waals surface area contributed by atoms with Crippen molar-refractivity contribution in [2.75, 3.05) is 49.1 Å². The van der Waals surface area contributed by atoms with Gasteiger partial charge in [-0.1, -0.05) is 99.2 Å². The van der Waals surface area contributed by atoms with Crippen LogP contribution in [0.15, 0.2) is 97.6 Å². The number of amides is 1. The molecule has 328 valence electrons. The Balaban J connectivity index is 0.000000149. The maximum Gasteiger partial charge on any atom is 0.225 e. The van der Waals surface area contributed by atoms with E-state index in [4.69, 9.17) is 11.6 Å². The molecule has 2 aliphatic carbocycles. The molecule has 2 aromatic carbocycles. The molecule has 0 spiro atoms. The minimum atomic E-state index is -0.130. The molecule has 1 amide bonds. The van der Waals surface area contributed by atoms with Crippen molar-refractivity contribution >= 4 is 55.9 Å².